The average molecular weight is 605 g/mol. The van der Waals surface area contributed by atoms with Crippen LogP contribution < -0.4 is 26.1 Å². The Morgan fingerprint density at radius 2 is 1.83 bits per heavy atom. The van der Waals surface area contributed by atoms with E-state index in [1.807, 2.05) is 23.3 Å². The highest BCUT2D eigenvalue weighted by Gasteiger charge is 2.36. The standard InChI is InChI=1S/C29H32Cl2FN5O4/c1-15-12-35(13-16(2)37(15)24(38)10-33)26-23(32)9-20-25(28(26)41-3)36(19-6-7-19)14-21(27(20)39)29(40)34-11-17-4-5-18(30)8-22(17)31/h4-5,8-9,14-16,19H,6-7,10-13,33H2,1-3H3,(H,34,40). The van der Waals surface area contributed by atoms with Crippen molar-refractivity contribution in [1.82, 2.24) is 14.8 Å². The first-order chi connectivity index (χ1) is 19.5. The van der Waals surface area contributed by atoms with Crippen LogP contribution in [-0.2, 0) is 11.3 Å². The first-order valence-electron chi connectivity index (χ1n) is 13.5. The van der Waals surface area contributed by atoms with E-state index in [4.69, 9.17) is 33.7 Å². The minimum Gasteiger partial charge on any atom is -0.492 e. The molecule has 1 aliphatic heterocycles. The molecule has 3 aromatic rings. The third kappa shape index (κ3) is 5.48. The van der Waals surface area contributed by atoms with Gasteiger partial charge in [0.2, 0.25) is 11.3 Å². The molecule has 5 rings (SSSR count). The second-order valence-electron chi connectivity index (χ2n) is 10.7. The fraction of sp³-hybridized carbons (Fsp3) is 0.414. The Morgan fingerprint density at radius 3 is 2.41 bits per heavy atom. The van der Waals surface area contributed by atoms with Crippen molar-refractivity contribution in [3.63, 3.8) is 0 Å². The van der Waals surface area contributed by atoms with E-state index in [0.717, 1.165) is 12.8 Å². The Hall–Kier alpha value is -3.34. The number of carbonyl (C=O) groups is 2. The molecule has 1 aliphatic carbocycles. The number of pyridine rings is 1. The molecule has 2 unspecified atom stereocenters. The van der Waals surface area contributed by atoms with E-state index in [2.05, 4.69) is 5.32 Å². The highest BCUT2D eigenvalue weighted by atomic mass is 35.5. The first kappa shape index (κ1) is 29.2. The normalized spacial score (nSPS) is 19.0. The molecule has 2 aliphatic rings. The molecule has 9 nitrogen and oxygen atoms in total. The van der Waals surface area contributed by atoms with Crippen LogP contribution in [0.1, 0.15) is 48.7 Å². The number of benzene rings is 2. The lowest BCUT2D eigenvalue weighted by atomic mass is 10.0. The van der Waals surface area contributed by atoms with Crippen molar-refractivity contribution in [1.29, 1.82) is 0 Å². The van der Waals surface area contributed by atoms with Gasteiger partial charge in [-0.3, -0.25) is 14.4 Å². The number of aromatic nitrogens is 1. The minimum absolute atomic E-state index is 0.0411. The van der Waals surface area contributed by atoms with Gasteiger partial charge in [-0.25, -0.2) is 4.39 Å². The summed E-state index contributed by atoms with van der Waals surface area (Å²) >= 11 is 12.2. The molecular weight excluding hydrogens is 572 g/mol. The van der Waals surface area contributed by atoms with Crippen molar-refractivity contribution in [2.75, 3.05) is 31.6 Å². The molecule has 2 atom stereocenters. The van der Waals surface area contributed by atoms with Crippen molar-refractivity contribution in [3.05, 3.63) is 67.7 Å². The molecule has 1 saturated heterocycles. The quantitative estimate of drug-likeness (QED) is 0.421. The number of methoxy groups -OCH3 is 1. The van der Waals surface area contributed by atoms with Gasteiger partial charge in [-0.2, -0.15) is 0 Å². The van der Waals surface area contributed by atoms with Gasteiger partial charge in [-0.05, 0) is 50.5 Å². The van der Waals surface area contributed by atoms with Crippen molar-refractivity contribution >= 4 is 51.6 Å². The summed E-state index contributed by atoms with van der Waals surface area (Å²) in [5, 5.41) is 3.67. The number of hydrogen-bond acceptors (Lipinski definition) is 6. The maximum atomic E-state index is 15.9. The van der Waals surface area contributed by atoms with Crippen molar-refractivity contribution < 1.29 is 18.7 Å². The maximum Gasteiger partial charge on any atom is 0.257 e. The number of nitrogens with two attached hydrogens (primary N) is 1. The second-order valence-corrected chi connectivity index (χ2v) is 11.5. The van der Waals surface area contributed by atoms with E-state index in [1.54, 1.807) is 23.1 Å². The van der Waals surface area contributed by atoms with Crippen molar-refractivity contribution in [2.24, 2.45) is 5.73 Å². The molecule has 0 spiro atoms. The topological polar surface area (TPSA) is 110 Å². The third-order valence-electron chi connectivity index (χ3n) is 7.74. The lowest BCUT2D eigenvalue weighted by molar-refractivity contribution is -0.134. The summed E-state index contributed by atoms with van der Waals surface area (Å²) < 4.78 is 23.6. The van der Waals surface area contributed by atoms with Gasteiger partial charge in [0.25, 0.3) is 5.91 Å². The molecule has 2 aromatic carbocycles. The van der Waals surface area contributed by atoms with Gasteiger partial charge < -0.3 is 30.2 Å². The predicted octanol–water partition coefficient (Wildman–Crippen LogP) is 4.11. The predicted molar refractivity (Wildman–Crippen MR) is 158 cm³/mol. The monoisotopic (exact) mass is 603 g/mol. The van der Waals surface area contributed by atoms with E-state index < -0.39 is 17.2 Å². The van der Waals surface area contributed by atoms with E-state index in [-0.39, 0.29) is 59.5 Å². The molecular formula is C29H32Cl2FN5O4. The number of rotatable bonds is 7. The molecule has 0 bridgehead atoms. The van der Waals surface area contributed by atoms with Crippen molar-refractivity contribution in [3.8, 4) is 5.75 Å². The molecule has 218 valence electrons. The number of carbonyl (C=O) groups excluding carboxylic acids is 2. The maximum absolute atomic E-state index is 15.9. The molecule has 1 aromatic heterocycles. The zero-order valence-electron chi connectivity index (χ0n) is 23.0. The summed E-state index contributed by atoms with van der Waals surface area (Å²) in [6.07, 6.45) is 3.24. The summed E-state index contributed by atoms with van der Waals surface area (Å²) in [6.45, 7) is 4.49. The van der Waals surface area contributed by atoms with Gasteiger partial charge in [0, 0.05) is 54.0 Å². The van der Waals surface area contributed by atoms with Crippen LogP contribution in [0.3, 0.4) is 0 Å². The Balaban J connectivity index is 1.55. The highest BCUT2D eigenvalue weighted by molar-refractivity contribution is 6.35. The van der Waals surface area contributed by atoms with Gasteiger partial charge >= 0.3 is 0 Å². The van der Waals surface area contributed by atoms with Crippen LogP contribution in [0.25, 0.3) is 10.9 Å². The van der Waals surface area contributed by atoms with Gasteiger partial charge in [-0.15, -0.1) is 0 Å². The van der Waals surface area contributed by atoms with Crippen molar-refractivity contribution in [2.45, 2.75) is 51.4 Å². The second kappa shape index (κ2) is 11.5. The van der Waals surface area contributed by atoms with E-state index in [9.17, 15) is 14.4 Å². The molecule has 41 heavy (non-hydrogen) atoms. The van der Waals surface area contributed by atoms with Crippen LogP contribution in [0.5, 0.6) is 5.75 Å². The van der Waals surface area contributed by atoms with Crippen LogP contribution in [0.2, 0.25) is 10.0 Å². The number of anilines is 1. The Morgan fingerprint density at radius 1 is 1.15 bits per heavy atom. The number of nitrogens with one attached hydrogen (secondary N) is 1. The minimum atomic E-state index is -0.641. The number of fused-ring (bicyclic) bond motifs is 1. The molecule has 3 N–H and O–H groups in total. The van der Waals surface area contributed by atoms with E-state index >= 15 is 4.39 Å². The number of piperazine rings is 1. The summed E-state index contributed by atoms with van der Waals surface area (Å²) in [5.41, 5.74) is 6.22. The molecule has 2 fully saturated rings. The summed E-state index contributed by atoms with van der Waals surface area (Å²) in [5.74, 6) is -1.18. The number of amides is 2. The highest BCUT2D eigenvalue weighted by Crippen LogP contribution is 2.44. The zero-order chi connectivity index (χ0) is 29.6. The third-order valence-corrected chi connectivity index (χ3v) is 8.33. The summed E-state index contributed by atoms with van der Waals surface area (Å²) in [7, 11) is 1.44. The molecule has 0 radical (unpaired) electrons. The SMILES string of the molecule is COc1c(N2CC(C)N(C(=O)CN)C(C)C2)c(F)cc2c(=O)c(C(=O)NCc3ccc(Cl)cc3Cl)cn(C3CC3)c12. The number of nitrogens with zero attached hydrogens (tertiary/aromatic N) is 3. The number of ether oxygens (including phenoxy) is 1. The van der Waals surface area contributed by atoms with Gasteiger partial charge in [0.1, 0.15) is 11.3 Å². The fourth-order valence-electron chi connectivity index (χ4n) is 5.77. The lowest BCUT2D eigenvalue weighted by Gasteiger charge is -2.45. The number of hydrogen-bond donors (Lipinski definition) is 2. The smallest absolute Gasteiger partial charge is 0.257 e. The Labute approximate surface area is 246 Å². The van der Waals surface area contributed by atoms with Crippen LogP contribution in [-0.4, -0.2) is 60.1 Å². The van der Waals surface area contributed by atoms with Gasteiger partial charge in [-0.1, -0.05) is 29.3 Å². The van der Waals surface area contributed by atoms with Crippen LogP contribution in [0, 0.1) is 5.82 Å². The number of halogens is 3. The van der Waals surface area contributed by atoms with Crippen LogP contribution in [0.4, 0.5) is 10.1 Å². The summed E-state index contributed by atoms with van der Waals surface area (Å²) in [4.78, 5) is 42.8. The van der Waals surface area contributed by atoms with E-state index in [1.165, 1.54) is 19.4 Å². The molecule has 2 heterocycles. The molecule has 2 amide bonds. The van der Waals surface area contributed by atoms with Crippen LogP contribution >= 0.6 is 23.2 Å². The van der Waals surface area contributed by atoms with Gasteiger partial charge in [0.05, 0.1) is 24.6 Å². The Kier molecular flexibility index (Phi) is 8.18. The Bertz CT molecular complexity index is 1580. The largest absolute Gasteiger partial charge is 0.492 e. The average Bonchev–Trinajstić information content (AvgIpc) is 3.77. The lowest BCUT2D eigenvalue weighted by Crippen LogP contribution is -2.60. The van der Waals surface area contributed by atoms with E-state index in [0.29, 0.717) is 34.2 Å². The molecule has 12 heteroatoms. The van der Waals surface area contributed by atoms with Crippen LogP contribution in [0.15, 0.2) is 35.3 Å². The van der Waals surface area contributed by atoms with Gasteiger partial charge in [0.15, 0.2) is 11.6 Å². The zero-order valence-corrected chi connectivity index (χ0v) is 24.6. The first-order valence-corrected chi connectivity index (χ1v) is 14.2. The molecule has 1 saturated carbocycles. The summed E-state index contributed by atoms with van der Waals surface area (Å²) in [6, 6.07) is 5.72. The fourth-order valence-corrected chi connectivity index (χ4v) is 6.25.